The average Bonchev–Trinajstić information content (AvgIpc) is 2.84. The Labute approximate surface area is 206 Å². The predicted molar refractivity (Wildman–Crippen MR) is 137 cm³/mol. The molecular weight excluding hydrogens is 466 g/mol. The van der Waals surface area contributed by atoms with Crippen LogP contribution in [0.25, 0.3) is 0 Å². The van der Waals surface area contributed by atoms with Crippen LogP contribution in [-0.2, 0) is 14.8 Å². The van der Waals surface area contributed by atoms with Crippen LogP contribution < -0.4 is 19.2 Å². The van der Waals surface area contributed by atoms with E-state index in [1.807, 2.05) is 20.8 Å². The van der Waals surface area contributed by atoms with Gasteiger partial charge >= 0.3 is 0 Å². The quantitative estimate of drug-likeness (QED) is 0.337. The van der Waals surface area contributed by atoms with E-state index in [9.17, 15) is 13.2 Å². The molecule has 0 aliphatic heterocycles. The van der Waals surface area contributed by atoms with Gasteiger partial charge < -0.3 is 9.47 Å². The van der Waals surface area contributed by atoms with Crippen molar-refractivity contribution >= 4 is 27.8 Å². The van der Waals surface area contributed by atoms with Gasteiger partial charge in [-0.25, -0.2) is 13.8 Å². The standard InChI is InChI=1S/C26H29N3O5S/c1-19(2)34-22-13-11-21(12-14-22)17-27-28-26(30)18-29(24-16-20(3)10-15-25(24)33-4)35(31,32)23-8-6-5-7-9-23/h5-17,19H,18H2,1-4H3,(H,28,30)/b27-17-. The highest BCUT2D eigenvalue weighted by molar-refractivity contribution is 7.92. The Balaban J connectivity index is 1.82. The fourth-order valence-electron chi connectivity index (χ4n) is 3.26. The summed E-state index contributed by atoms with van der Waals surface area (Å²) in [6.45, 7) is 5.23. The lowest BCUT2D eigenvalue weighted by Gasteiger charge is -2.25. The largest absolute Gasteiger partial charge is 0.495 e. The van der Waals surface area contributed by atoms with Crippen molar-refractivity contribution < 1.29 is 22.7 Å². The summed E-state index contributed by atoms with van der Waals surface area (Å²) < 4.78 is 39.0. The van der Waals surface area contributed by atoms with E-state index in [1.54, 1.807) is 60.7 Å². The first-order chi connectivity index (χ1) is 16.7. The Hall–Kier alpha value is -3.85. The lowest BCUT2D eigenvalue weighted by atomic mass is 10.2. The monoisotopic (exact) mass is 495 g/mol. The third-order valence-corrected chi connectivity index (χ3v) is 6.65. The SMILES string of the molecule is COc1ccc(C)cc1N(CC(=O)N/N=C\c1ccc(OC(C)C)cc1)S(=O)(=O)c1ccccc1. The molecule has 3 aromatic carbocycles. The zero-order chi connectivity index (χ0) is 25.4. The minimum absolute atomic E-state index is 0.0589. The molecule has 0 radical (unpaired) electrons. The predicted octanol–water partition coefficient (Wildman–Crippen LogP) is 4.14. The van der Waals surface area contributed by atoms with E-state index in [-0.39, 0.29) is 16.7 Å². The van der Waals surface area contributed by atoms with Crippen molar-refractivity contribution in [2.45, 2.75) is 31.8 Å². The highest BCUT2D eigenvalue weighted by Crippen LogP contribution is 2.33. The van der Waals surface area contributed by atoms with Crippen LogP contribution in [0.15, 0.2) is 82.8 Å². The van der Waals surface area contributed by atoms with E-state index >= 15 is 0 Å². The van der Waals surface area contributed by atoms with Gasteiger partial charge in [0, 0.05) is 0 Å². The zero-order valence-electron chi connectivity index (χ0n) is 20.1. The normalized spacial score (nSPS) is 11.5. The van der Waals surface area contributed by atoms with Crippen LogP contribution in [0, 0.1) is 6.92 Å². The summed E-state index contributed by atoms with van der Waals surface area (Å²) in [7, 11) is -2.62. The summed E-state index contributed by atoms with van der Waals surface area (Å²) in [5.74, 6) is 0.453. The second-order valence-electron chi connectivity index (χ2n) is 8.03. The van der Waals surface area contributed by atoms with Crippen molar-refractivity contribution in [3.63, 3.8) is 0 Å². The van der Waals surface area contributed by atoms with Crippen LogP contribution in [0.4, 0.5) is 5.69 Å². The summed E-state index contributed by atoms with van der Waals surface area (Å²) in [4.78, 5) is 12.8. The van der Waals surface area contributed by atoms with Crippen molar-refractivity contribution in [1.29, 1.82) is 0 Å². The van der Waals surface area contributed by atoms with Crippen LogP contribution >= 0.6 is 0 Å². The van der Waals surface area contributed by atoms with Crippen LogP contribution in [0.5, 0.6) is 11.5 Å². The van der Waals surface area contributed by atoms with Crippen LogP contribution in [0.3, 0.4) is 0 Å². The van der Waals surface area contributed by atoms with Gasteiger partial charge in [-0.2, -0.15) is 5.10 Å². The van der Waals surface area contributed by atoms with Gasteiger partial charge in [-0.1, -0.05) is 24.3 Å². The molecule has 0 bridgehead atoms. The molecule has 184 valence electrons. The number of nitrogens with zero attached hydrogens (tertiary/aromatic N) is 2. The molecule has 35 heavy (non-hydrogen) atoms. The third kappa shape index (κ3) is 6.83. The van der Waals surface area contributed by atoms with Crippen LogP contribution in [0.1, 0.15) is 25.0 Å². The Kier molecular flexibility index (Phi) is 8.48. The smallest absolute Gasteiger partial charge is 0.264 e. The number of hydrogen-bond donors (Lipinski definition) is 1. The van der Waals surface area contributed by atoms with E-state index in [1.165, 1.54) is 25.5 Å². The molecule has 0 saturated heterocycles. The number of methoxy groups -OCH3 is 1. The lowest BCUT2D eigenvalue weighted by Crippen LogP contribution is -2.39. The number of nitrogens with one attached hydrogen (secondary N) is 1. The van der Waals surface area contributed by atoms with E-state index in [0.717, 1.165) is 21.2 Å². The van der Waals surface area contributed by atoms with E-state index < -0.39 is 22.5 Å². The molecule has 1 amide bonds. The van der Waals surface area contributed by atoms with E-state index in [0.29, 0.717) is 5.75 Å². The fraction of sp³-hybridized carbons (Fsp3) is 0.231. The average molecular weight is 496 g/mol. The van der Waals surface area contributed by atoms with Crippen molar-refractivity contribution in [3.8, 4) is 11.5 Å². The molecule has 3 aromatic rings. The summed E-state index contributed by atoms with van der Waals surface area (Å²) >= 11 is 0. The molecule has 3 rings (SSSR count). The maximum absolute atomic E-state index is 13.5. The molecule has 0 fully saturated rings. The maximum Gasteiger partial charge on any atom is 0.264 e. The molecule has 9 heteroatoms. The summed E-state index contributed by atoms with van der Waals surface area (Å²) in [5, 5.41) is 3.98. The molecule has 1 N–H and O–H groups in total. The van der Waals surface area contributed by atoms with Gasteiger partial charge in [0.1, 0.15) is 18.0 Å². The highest BCUT2D eigenvalue weighted by Gasteiger charge is 2.29. The van der Waals surface area contributed by atoms with E-state index in [2.05, 4.69) is 10.5 Å². The third-order valence-electron chi connectivity index (χ3n) is 4.88. The highest BCUT2D eigenvalue weighted by atomic mass is 32.2. The lowest BCUT2D eigenvalue weighted by molar-refractivity contribution is -0.119. The number of amides is 1. The van der Waals surface area contributed by atoms with Crippen molar-refractivity contribution in [2.24, 2.45) is 5.10 Å². The number of benzene rings is 3. The summed E-state index contributed by atoms with van der Waals surface area (Å²) in [5.41, 5.74) is 4.23. The minimum atomic E-state index is -4.06. The topological polar surface area (TPSA) is 97.3 Å². The first kappa shape index (κ1) is 25.8. The molecule has 0 unspecified atom stereocenters. The molecule has 0 spiro atoms. The molecule has 0 aliphatic rings. The molecule has 0 heterocycles. The number of aryl methyl sites for hydroxylation is 1. The molecule has 0 aromatic heterocycles. The number of hydrogen-bond acceptors (Lipinski definition) is 6. The zero-order valence-corrected chi connectivity index (χ0v) is 21.0. The molecule has 8 nitrogen and oxygen atoms in total. The summed E-state index contributed by atoms with van der Waals surface area (Å²) in [6, 6.07) is 20.3. The van der Waals surface area contributed by atoms with Gasteiger partial charge in [-0.15, -0.1) is 0 Å². The Morgan fingerprint density at radius 3 is 2.37 bits per heavy atom. The number of ether oxygens (including phenoxy) is 2. The number of sulfonamides is 1. The first-order valence-electron chi connectivity index (χ1n) is 11.0. The molecular formula is C26H29N3O5S. The van der Waals surface area contributed by atoms with Gasteiger partial charge in [-0.3, -0.25) is 9.10 Å². The number of anilines is 1. The van der Waals surface area contributed by atoms with Gasteiger partial charge in [0.2, 0.25) is 0 Å². The van der Waals surface area contributed by atoms with Gasteiger partial charge in [-0.05, 0) is 80.4 Å². The second kappa shape index (κ2) is 11.5. The van der Waals surface area contributed by atoms with Crippen LogP contribution in [0.2, 0.25) is 0 Å². The molecule has 0 aliphatic carbocycles. The molecule has 0 saturated carbocycles. The van der Waals surface area contributed by atoms with Gasteiger partial charge in [0.15, 0.2) is 0 Å². The second-order valence-corrected chi connectivity index (χ2v) is 9.89. The molecule has 0 atom stereocenters. The Morgan fingerprint density at radius 1 is 1.06 bits per heavy atom. The Bertz CT molecular complexity index is 1270. The minimum Gasteiger partial charge on any atom is -0.495 e. The first-order valence-corrected chi connectivity index (χ1v) is 12.5. The van der Waals surface area contributed by atoms with E-state index in [4.69, 9.17) is 9.47 Å². The van der Waals surface area contributed by atoms with Gasteiger partial charge in [0.05, 0.1) is 30.0 Å². The number of rotatable bonds is 10. The van der Waals surface area contributed by atoms with Crippen molar-refractivity contribution in [1.82, 2.24) is 5.43 Å². The summed E-state index contributed by atoms with van der Waals surface area (Å²) in [6.07, 6.45) is 1.54. The van der Waals surface area contributed by atoms with Crippen molar-refractivity contribution in [2.75, 3.05) is 18.0 Å². The number of carbonyl (C=O) groups excluding carboxylic acids is 1. The fourth-order valence-corrected chi connectivity index (χ4v) is 4.71. The Morgan fingerprint density at radius 2 is 1.74 bits per heavy atom. The van der Waals surface area contributed by atoms with Crippen molar-refractivity contribution in [3.05, 3.63) is 83.9 Å². The van der Waals surface area contributed by atoms with Crippen LogP contribution in [-0.4, -0.2) is 40.3 Å². The maximum atomic E-state index is 13.5. The number of hydrazone groups is 1. The van der Waals surface area contributed by atoms with Gasteiger partial charge in [0.25, 0.3) is 15.9 Å². The number of carbonyl (C=O) groups is 1.